The first-order valence-corrected chi connectivity index (χ1v) is 8.82. The van der Waals surface area contributed by atoms with E-state index in [1.54, 1.807) is 12.3 Å². The third-order valence-corrected chi connectivity index (χ3v) is 4.22. The van der Waals surface area contributed by atoms with Crippen LogP contribution in [-0.4, -0.2) is 10.9 Å². The van der Waals surface area contributed by atoms with Crippen molar-refractivity contribution in [2.24, 2.45) is 0 Å². The largest absolute Gasteiger partial charge is 0.354 e. The first-order chi connectivity index (χ1) is 13.3. The van der Waals surface area contributed by atoms with Crippen LogP contribution in [0, 0.1) is 11.6 Å². The number of anilines is 3. The van der Waals surface area contributed by atoms with Gasteiger partial charge in [0.2, 0.25) is 0 Å². The summed E-state index contributed by atoms with van der Waals surface area (Å²) in [5.74, 6) is -2.33. The average molecular weight is 381 g/mol. The Morgan fingerprint density at radius 1 is 0.964 bits per heavy atom. The summed E-state index contributed by atoms with van der Waals surface area (Å²) < 4.78 is 27.5. The van der Waals surface area contributed by atoms with Crippen LogP contribution in [-0.2, 0) is 5.41 Å². The Labute approximate surface area is 162 Å². The Bertz CT molecular complexity index is 992. The van der Waals surface area contributed by atoms with Crippen LogP contribution in [0.5, 0.6) is 0 Å². The van der Waals surface area contributed by atoms with E-state index in [-0.39, 0.29) is 11.0 Å². The van der Waals surface area contributed by atoms with E-state index in [1.165, 1.54) is 12.3 Å². The lowest BCUT2D eigenvalue weighted by molar-refractivity contribution is 0.102. The first kappa shape index (κ1) is 19.5. The molecule has 1 heterocycles. The van der Waals surface area contributed by atoms with Gasteiger partial charge in [0.15, 0.2) is 0 Å². The predicted octanol–water partition coefficient (Wildman–Crippen LogP) is 5.65. The molecule has 0 aliphatic heterocycles. The Hall–Kier alpha value is -3.28. The number of nitrogens with zero attached hydrogens (tertiary/aromatic N) is 1. The number of hydrogen-bond donors (Lipinski definition) is 2. The molecular formula is C22H21F2N3O. The second-order valence-electron chi connectivity index (χ2n) is 7.43. The van der Waals surface area contributed by atoms with E-state index in [0.29, 0.717) is 5.69 Å². The summed E-state index contributed by atoms with van der Waals surface area (Å²) in [6.45, 7) is 6.33. The van der Waals surface area contributed by atoms with Crippen molar-refractivity contribution in [2.45, 2.75) is 26.2 Å². The maximum absolute atomic E-state index is 13.8. The van der Waals surface area contributed by atoms with Crippen molar-refractivity contribution in [3.8, 4) is 0 Å². The van der Waals surface area contributed by atoms with E-state index in [2.05, 4.69) is 36.4 Å². The predicted molar refractivity (Wildman–Crippen MR) is 107 cm³/mol. The summed E-state index contributed by atoms with van der Waals surface area (Å²) in [7, 11) is 0. The fourth-order valence-electron chi connectivity index (χ4n) is 2.84. The molecule has 2 N–H and O–H groups in total. The third-order valence-electron chi connectivity index (χ3n) is 4.22. The summed E-state index contributed by atoms with van der Waals surface area (Å²) in [5.41, 5.74) is 2.23. The highest BCUT2D eigenvalue weighted by molar-refractivity contribution is 6.04. The standard InChI is InChI=1S/C22H21F2N3O/c1-22(2,3)16-7-4-5-10-19(16)26-15-11-14(12-25-13-15)21(28)27-20-17(23)8-6-9-18(20)24/h4-13,26H,1-3H3,(H,27,28). The van der Waals surface area contributed by atoms with E-state index in [1.807, 2.05) is 24.3 Å². The number of para-hydroxylation sites is 2. The zero-order chi connectivity index (χ0) is 20.3. The molecule has 0 fully saturated rings. The van der Waals surface area contributed by atoms with Gasteiger partial charge in [0.1, 0.15) is 17.3 Å². The fourth-order valence-corrected chi connectivity index (χ4v) is 2.84. The molecule has 0 bridgehead atoms. The number of hydrogen-bond acceptors (Lipinski definition) is 3. The molecule has 0 atom stereocenters. The third kappa shape index (κ3) is 4.34. The Kier molecular flexibility index (Phi) is 5.40. The number of carbonyl (C=O) groups is 1. The normalized spacial score (nSPS) is 11.2. The van der Waals surface area contributed by atoms with Crippen molar-refractivity contribution in [1.29, 1.82) is 0 Å². The van der Waals surface area contributed by atoms with Crippen molar-refractivity contribution in [3.05, 3.63) is 83.7 Å². The SMILES string of the molecule is CC(C)(C)c1ccccc1Nc1cncc(C(=O)Nc2c(F)cccc2F)c1. The minimum Gasteiger partial charge on any atom is -0.354 e. The van der Waals surface area contributed by atoms with Gasteiger partial charge in [0.25, 0.3) is 5.91 Å². The maximum atomic E-state index is 13.8. The second kappa shape index (κ2) is 7.76. The van der Waals surface area contributed by atoms with Crippen molar-refractivity contribution in [2.75, 3.05) is 10.6 Å². The van der Waals surface area contributed by atoms with Crippen molar-refractivity contribution < 1.29 is 13.6 Å². The van der Waals surface area contributed by atoms with Crippen LogP contribution in [0.3, 0.4) is 0 Å². The second-order valence-corrected chi connectivity index (χ2v) is 7.43. The lowest BCUT2D eigenvalue weighted by Gasteiger charge is -2.23. The van der Waals surface area contributed by atoms with E-state index in [9.17, 15) is 13.6 Å². The van der Waals surface area contributed by atoms with Gasteiger partial charge in [-0.05, 0) is 35.2 Å². The summed E-state index contributed by atoms with van der Waals surface area (Å²) in [6, 6.07) is 12.9. The number of nitrogens with one attached hydrogen (secondary N) is 2. The lowest BCUT2D eigenvalue weighted by atomic mass is 9.86. The van der Waals surface area contributed by atoms with E-state index in [4.69, 9.17) is 0 Å². The Morgan fingerprint density at radius 2 is 1.64 bits per heavy atom. The summed E-state index contributed by atoms with van der Waals surface area (Å²) in [5, 5.41) is 5.54. The van der Waals surface area contributed by atoms with Crippen LogP contribution < -0.4 is 10.6 Å². The lowest BCUT2D eigenvalue weighted by Crippen LogP contribution is -2.15. The molecule has 28 heavy (non-hydrogen) atoms. The van der Waals surface area contributed by atoms with Crippen LogP contribution in [0.2, 0.25) is 0 Å². The topological polar surface area (TPSA) is 54.0 Å². The van der Waals surface area contributed by atoms with Crippen LogP contribution in [0.15, 0.2) is 60.9 Å². The van der Waals surface area contributed by atoms with Gasteiger partial charge in [-0.3, -0.25) is 9.78 Å². The molecule has 4 nitrogen and oxygen atoms in total. The van der Waals surface area contributed by atoms with E-state index >= 15 is 0 Å². The molecule has 1 amide bonds. The van der Waals surface area contributed by atoms with Gasteiger partial charge in [-0.2, -0.15) is 0 Å². The number of aromatic nitrogens is 1. The molecule has 0 aliphatic rings. The summed E-state index contributed by atoms with van der Waals surface area (Å²) in [6.07, 6.45) is 2.93. The number of rotatable bonds is 4. The van der Waals surface area contributed by atoms with Gasteiger partial charge in [-0.1, -0.05) is 45.0 Å². The minimum atomic E-state index is -0.838. The highest BCUT2D eigenvalue weighted by atomic mass is 19.1. The molecule has 3 rings (SSSR count). The molecule has 0 saturated heterocycles. The molecule has 144 valence electrons. The van der Waals surface area contributed by atoms with Crippen LogP contribution in [0.4, 0.5) is 25.8 Å². The number of benzene rings is 2. The minimum absolute atomic E-state index is 0.0750. The van der Waals surface area contributed by atoms with Gasteiger partial charge in [-0.25, -0.2) is 8.78 Å². The molecule has 0 spiro atoms. The molecule has 0 saturated carbocycles. The van der Waals surface area contributed by atoms with Crippen LogP contribution >= 0.6 is 0 Å². The highest BCUT2D eigenvalue weighted by Gasteiger charge is 2.18. The van der Waals surface area contributed by atoms with Gasteiger partial charge >= 0.3 is 0 Å². The molecule has 3 aromatic rings. The monoisotopic (exact) mass is 381 g/mol. The van der Waals surface area contributed by atoms with Crippen molar-refractivity contribution in [3.63, 3.8) is 0 Å². The fraction of sp³-hybridized carbons (Fsp3) is 0.182. The maximum Gasteiger partial charge on any atom is 0.257 e. The van der Waals surface area contributed by atoms with E-state index < -0.39 is 23.2 Å². The number of halogens is 2. The Morgan fingerprint density at radius 3 is 2.32 bits per heavy atom. The van der Waals surface area contributed by atoms with Gasteiger partial charge < -0.3 is 10.6 Å². The van der Waals surface area contributed by atoms with Gasteiger partial charge in [0.05, 0.1) is 17.4 Å². The highest BCUT2D eigenvalue weighted by Crippen LogP contribution is 2.31. The molecule has 6 heteroatoms. The smallest absolute Gasteiger partial charge is 0.257 e. The molecule has 0 radical (unpaired) electrons. The Balaban J connectivity index is 1.85. The summed E-state index contributed by atoms with van der Waals surface area (Å²) >= 11 is 0. The number of amides is 1. The number of carbonyl (C=O) groups excluding carboxylic acids is 1. The van der Waals surface area contributed by atoms with Gasteiger partial charge in [0, 0.05) is 11.9 Å². The van der Waals surface area contributed by atoms with E-state index in [0.717, 1.165) is 23.4 Å². The molecule has 0 aliphatic carbocycles. The van der Waals surface area contributed by atoms with Crippen LogP contribution in [0.1, 0.15) is 36.7 Å². The van der Waals surface area contributed by atoms with Crippen LogP contribution in [0.25, 0.3) is 0 Å². The molecular weight excluding hydrogens is 360 g/mol. The zero-order valence-electron chi connectivity index (χ0n) is 15.9. The molecule has 0 unspecified atom stereocenters. The van der Waals surface area contributed by atoms with Crippen molar-refractivity contribution in [1.82, 2.24) is 4.98 Å². The summed E-state index contributed by atoms with van der Waals surface area (Å²) in [4.78, 5) is 16.5. The molecule has 2 aromatic carbocycles. The quantitative estimate of drug-likeness (QED) is 0.614. The zero-order valence-corrected chi connectivity index (χ0v) is 15.9. The van der Waals surface area contributed by atoms with Gasteiger partial charge in [-0.15, -0.1) is 0 Å². The number of pyridine rings is 1. The molecule has 1 aromatic heterocycles. The first-order valence-electron chi connectivity index (χ1n) is 8.82. The van der Waals surface area contributed by atoms with Crippen molar-refractivity contribution >= 4 is 23.0 Å². The average Bonchev–Trinajstić information content (AvgIpc) is 2.64.